The Balaban J connectivity index is 2.46. The summed E-state index contributed by atoms with van der Waals surface area (Å²) in [7, 11) is -4.43. The number of benzene rings is 1. The van der Waals surface area contributed by atoms with Crippen molar-refractivity contribution in [2.24, 2.45) is 0 Å². The fourth-order valence-electron chi connectivity index (χ4n) is 1.01. The summed E-state index contributed by atoms with van der Waals surface area (Å²) >= 11 is 0. The topological polar surface area (TPSA) is 93.3 Å². The van der Waals surface area contributed by atoms with E-state index in [-0.39, 0.29) is 5.89 Å². The molecule has 0 spiro atoms. The normalized spacial score (nSPS) is 11.5. The van der Waals surface area contributed by atoms with Crippen molar-refractivity contribution < 1.29 is 17.4 Å². The van der Waals surface area contributed by atoms with Crippen molar-refractivity contribution in [2.75, 3.05) is 0 Å². The molecule has 7 heteroatoms. The molecule has 0 aliphatic rings. The van der Waals surface area contributed by atoms with Gasteiger partial charge in [-0.25, -0.2) is 0 Å². The Morgan fingerprint density at radius 2 is 1.80 bits per heavy atom. The van der Waals surface area contributed by atoms with Gasteiger partial charge in [0.1, 0.15) is 0 Å². The summed E-state index contributed by atoms with van der Waals surface area (Å²) in [5.74, 6) is 0.0447. The molecule has 1 aromatic heterocycles. The highest BCUT2D eigenvalue weighted by atomic mass is 32.2. The molecule has 78 valence electrons. The molecule has 1 N–H and O–H groups in total. The zero-order valence-electron chi connectivity index (χ0n) is 7.36. The third-order valence-corrected chi connectivity index (χ3v) is 2.25. The fourth-order valence-corrected chi connectivity index (χ4v) is 1.34. The predicted molar refractivity (Wildman–Crippen MR) is 49.5 cm³/mol. The minimum atomic E-state index is -4.43. The lowest BCUT2D eigenvalue weighted by atomic mass is 10.2. The molecule has 6 nitrogen and oxygen atoms in total. The SMILES string of the molecule is O=S(=O)(O)c1nnc(-c2ccccc2)o1. The van der Waals surface area contributed by atoms with Crippen molar-refractivity contribution >= 4 is 10.1 Å². The molecule has 1 aromatic carbocycles. The Morgan fingerprint density at radius 3 is 2.33 bits per heavy atom. The molecule has 0 fully saturated rings. The van der Waals surface area contributed by atoms with Gasteiger partial charge in [-0.2, -0.15) is 8.42 Å². The average molecular weight is 226 g/mol. The Bertz CT molecular complexity index is 561. The monoisotopic (exact) mass is 226 g/mol. The summed E-state index contributed by atoms with van der Waals surface area (Å²) in [5.41, 5.74) is 0.583. The molecule has 0 saturated carbocycles. The lowest BCUT2D eigenvalue weighted by Crippen LogP contribution is -1.97. The van der Waals surface area contributed by atoms with Gasteiger partial charge in [-0.1, -0.05) is 23.3 Å². The Hall–Kier alpha value is -1.73. The molecule has 15 heavy (non-hydrogen) atoms. The number of hydrogen-bond acceptors (Lipinski definition) is 5. The minimum absolute atomic E-state index is 0.0447. The van der Waals surface area contributed by atoms with Gasteiger partial charge in [0, 0.05) is 5.56 Å². The van der Waals surface area contributed by atoms with E-state index in [2.05, 4.69) is 10.2 Å². The zero-order valence-corrected chi connectivity index (χ0v) is 8.18. The van der Waals surface area contributed by atoms with E-state index in [0.717, 1.165) is 0 Å². The molecule has 0 bridgehead atoms. The lowest BCUT2D eigenvalue weighted by molar-refractivity contribution is 0.397. The van der Waals surface area contributed by atoms with E-state index < -0.39 is 15.3 Å². The van der Waals surface area contributed by atoms with Crippen LogP contribution in [-0.2, 0) is 10.1 Å². The van der Waals surface area contributed by atoms with E-state index in [1.165, 1.54) is 0 Å². The molecule has 0 aliphatic carbocycles. The van der Waals surface area contributed by atoms with Crippen LogP contribution in [-0.4, -0.2) is 23.2 Å². The number of rotatable bonds is 2. The first kappa shape index (κ1) is 9.81. The maximum Gasteiger partial charge on any atom is 0.363 e. The third kappa shape index (κ3) is 2.03. The highest BCUT2D eigenvalue weighted by molar-refractivity contribution is 7.85. The summed E-state index contributed by atoms with van der Waals surface area (Å²) in [6, 6.07) is 8.64. The molecule has 1 heterocycles. The van der Waals surface area contributed by atoms with Gasteiger partial charge in [0.2, 0.25) is 5.89 Å². The predicted octanol–water partition coefficient (Wildman–Crippen LogP) is 0.983. The van der Waals surface area contributed by atoms with Crippen LogP contribution in [0.25, 0.3) is 11.5 Å². The summed E-state index contributed by atoms with van der Waals surface area (Å²) in [5, 5.41) is 5.90. The molecule has 2 aromatic rings. The van der Waals surface area contributed by atoms with Gasteiger partial charge in [0.25, 0.3) is 0 Å². The summed E-state index contributed by atoms with van der Waals surface area (Å²) in [6.45, 7) is 0. The Morgan fingerprint density at radius 1 is 1.13 bits per heavy atom. The minimum Gasteiger partial charge on any atom is -0.406 e. The Kier molecular flexibility index (Phi) is 2.25. The van der Waals surface area contributed by atoms with Gasteiger partial charge in [0.15, 0.2) is 0 Å². The standard InChI is InChI=1S/C8H6N2O4S/c11-15(12,13)8-10-9-7(14-8)6-4-2-1-3-5-6/h1-5H,(H,11,12,13). The van der Waals surface area contributed by atoms with Gasteiger partial charge >= 0.3 is 15.3 Å². The van der Waals surface area contributed by atoms with Crippen molar-refractivity contribution in [2.45, 2.75) is 5.22 Å². The van der Waals surface area contributed by atoms with Gasteiger partial charge in [-0.15, -0.1) is 5.10 Å². The largest absolute Gasteiger partial charge is 0.406 e. The highest BCUT2D eigenvalue weighted by Gasteiger charge is 2.19. The zero-order chi connectivity index (χ0) is 10.9. The van der Waals surface area contributed by atoms with Gasteiger partial charge in [-0.05, 0) is 12.1 Å². The second kappa shape index (κ2) is 3.44. The summed E-state index contributed by atoms with van der Waals surface area (Å²) < 4.78 is 34.7. The second-order valence-corrected chi connectivity index (χ2v) is 4.01. The van der Waals surface area contributed by atoms with Crippen LogP contribution in [0.15, 0.2) is 40.0 Å². The van der Waals surface area contributed by atoms with Crippen molar-refractivity contribution in [1.82, 2.24) is 10.2 Å². The Labute approximate surface area is 85.3 Å². The van der Waals surface area contributed by atoms with Crippen LogP contribution in [0.2, 0.25) is 0 Å². The van der Waals surface area contributed by atoms with Crippen LogP contribution in [0.4, 0.5) is 0 Å². The van der Waals surface area contributed by atoms with Crippen LogP contribution in [0, 0.1) is 0 Å². The third-order valence-electron chi connectivity index (χ3n) is 1.65. The van der Waals surface area contributed by atoms with E-state index in [9.17, 15) is 8.42 Å². The molecule has 0 atom stereocenters. The van der Waals surface area contributed by atoms with Crippen LogP contribution in [0.1, 0.15) is 0 Å². The quantitative estimate of drug-likeness (QED) is 0.767. The van der Waals surface area contributed by atoms with E-state index in [1.54, 1.807) is 30.3 Å². The average Bonchev–Trinajstić information content (AvgIpc) is 2.67. The van der Waals surface area contributed by atoms with Crippen LogP contribution in [0.3, 0.4) is 0 Å². The molecule has 0 saturated heterocycles. The molecule has 2 rings (SSSR count). The van der Waals surface area contributed by atoms with Crippen molar-refractivity contribution in [3.8, 4) is 11.5 Å². The first-order valence-electron chi connectivity index (χ1n) is 3.94. The van der Waals surface area contributed by atoms with Crippen LogP contribution in [0.5, 0.6) is 0 Å². The molecule has 0 unspecified atom stereocenters. The maximum absolute atomic E-state index is 10.6. The van der Waals surface area contributed by atoms with Crippen LogP contribution < -0.4 is 0 Å². The van der Waals surface area contributed by atoms with Gasteiger partial charge in [0.05, 0.1) is 0 Å². The van der Waals surface area contributed by atoms with Crippen molar-refractivity contribution in [3.05, 3.63) is 30.3 Å². The lowest BCUT2D eigenvalue weighted by Gasteiger charge is -1.91. The van der Waals surface area contributed by atoms with E-state index in [1.807, 2.05) is 0 Å². The maximum atomic E-state index is 10.6. The molecule has 0 radical (unpaired) electrons. The van der Waals surface area contributed by atoms with E-state index >= 15 is 0 Å². The van der Waals surface area contributed by atoms with Gasteiger partial charge < -0.3 is 4.42 Å². The van der Waals surface area contributed by atoms with E-state index in [4.69, 9.17) is 8.97 Å². The van der Waals surface area contributed by atoms with Crippen molar-refractivity contribution in [1.29, 1.82) is 0 Å². The highest BCUT2D eigenvalue weighted by Crippen LogP contribution is 2.18. The van der Waals surface area contributed by atoms with E-state index in [0.29, 0.717) is 5.56 Å². The number of nitrogens with zero attached hydrogens (tertiary/aromatic N) is 2. The fraction of sp³-hybridized carbons (Fsp3) is 0. The second-order valence-electron chi connectivity index (χ2n) is 2.71. The van der Waals surface area contributed by atoms with Crippen LogP contribution >= 0.6 is 0 Å². The molecule has 0 aliphatic heterocycles. The molecular formula is C8H6N2O4S. The first-order chi connectivity index (χ1) is 7.07. The number of aromatic nitrogens is 2. The number of hydrogen-bond donors (Lipinski definition) is 1. The smallest absolute Gasteiger partial charge is 0.363 e. The summed E-state index contributed by atoms with van der Waals surface area (Å²) in [6.07, 6.45) is 0. The summed E-state index contributed by atoms with van der Waals surface area (Å²) in [4.78, 5) is 0. The molecule has 0 amide bonds. The van der Waals surface area contributed by atoms with Crippen molar-refractivity contribution in [3.63, 3.8) is 0 Å². The van der Waals surface area contributed by atoms with Gasteiger partial charge in [-0.3, -0.25) is 4.55 Å². The first-order valence-corrected chi connectivity index (χ1v) is 5.38. The molecular weight excluding hydrogens is 220 g/mol.